The fourth-order valence-electron chi connectivity index (χ4n) is 9.67. The van der Waals surface area contributed by atoms with Gasteiger partial charge in [-0.15, -0.1) is 11.3 Å². The number of likely N-dealkylation sites (tertiary alicyclic amines) is 1. The molecule has 1 amide bonds. The Hall–Kier alpha value is -2.97. The van der Waals surface area contributed by atoms with E-state index in [1.807, 2.05) is 11.4 Å². The molecule has 7 nitrogen and oxygen atoms in total. The summed E-state index contributed by atoms with van der Waals surface area (Å²) in [5.41, 5.74) is 9.97. The van der Waals surface area contributed by atoms with Gasteiger partial charge in [0.1, 0.15) is 5.82 Å². The maximum absolute atomic E-state index is 12.3. The maximum Gasteiger partial charge on any atom is 0.229 e. The minimum Gasteiger partial charge on any atom is -0.369 e. The van der Waals surface area contributed by atoms with Gasteiger partial charge >= 0.3 is 0 Å². The van der Waals surface area contributed by atoms with Crippen LogP contribution in [0.5, 0.6) is 0 Å². The number of piperidine rings is 1. The highest BCUT2D eigenvalue weighted by Gasteiger charge is 2.71. The van der Waals surface area contributed by atoms with Crippen molar-refractivity contribution in [1.29, 1.82) is 0 Å². The highest BCUT2D eigenvalue weighted by atomic mass is 32.1. The van der Waals surface area contributed by atoms with E-state index in [0.29, 0.717) is 17.8 Å². The van der Waals surface area contributed by atoms with E-state index in [2.05, 4.69) is 52.0 Å². The van der Waals surface area contributed by atoms with Crippen molar-refractivity contribution in [1.82, 2.24) is 14.9 Å². The Labute approximate surface area is 245 Å². The molecule has 1 spiro atoms. The van der Waals surface area contributed by atoms with Gasteiger partial charge in [-0.25, -0.2) is 4.98 Å². The fourth-order valence-corrected chi connectivity index (χ4v) is 10.5. The molecule has 1 aliphatic heterocycles. The first-order valence-electron chi connectivity index (χ1n) is 15.7. The lowest BCUT2D eigenvalue weighted by Gasteiger charge is -2.38. The predicted octanol–water partition coefficient (Wildman–Crippen LogP) is 5.89. The monoisotopic (exact) mass is 566 g/mol. The number of amides is 1. The van der Waals surface area contributed by atoms with Gasteiger partial charge in [-0.2, -0.15) is 4.98 Å². The number of hydrogen-bond donors (Lipinski definition) is 3. The number of carbonyl (C=O) groups excluding carboxylic acids is 1. The van der Waals surface area contributed by atoms with Crippen molar-refractivity contribution in [3.05, 3.63) is 53.4 Å². The number of benzene rings is 1. The van der Waals surface area contributed by atoms with E-state index in [0.717, 1.165) is 51.4 Å². The van der Waals surface area contributed by atoms with Crippen LogP contribution in [0.15, 0.2) is 47.9 Å². The standard InChI is InChI=1S/C33H38N6OS/c34-30(40)27-20-1-2-21(15-20)28(27)37-31-29-25(10-14-41-29)36-32(38-31)35-23-5-3-18(4-6-23)19-8-12-39(13-9-19)26-16-22-7-11-33(22)17-24(26)33/h1-6,10,14,19-22,24,26-28H,7-9,11-13,15-17H2,(H2,34,40)(H2,35,36,37,38). The van der Waals surface area contributed by atoms with Gasteiger partial charge < -0.3 is 21.3 Å². The number of allylic oxidation sites excluding steroid dienone is 1. The SMILES string of the molecule is NC(=O)C1C2C=CC(C2)C1Nc1nc(Nc2ccc(C3CCN(C4CC5CCC56CC46)CC3)cc2)nc2ccsc12. The van der Waals surface area contributed by atoms with Crippen molar-refractivity contribution in [2.75, 3.05) is 23.7 Å². The van der Waals surface area contributed by atoms with Crippen LogP contribution in [-0.2, 0) is 4.79 Å². The molecule has 4 N–H and O–H groups in total. The number of anilines is 3. The summed E-state index contributed by atoms with van der Waals surface area (Å²) in [7, 11) is 0. The van der Waals surface area contributed by atoms with Crippen molar-refractivity contribution >= 4 is 44.9 Å². The van der Waals surface area contributed by atoms with Crippen molar-refractivity contribution < 1.29 is 4.79 Å². The second kappa shape index (κ2) is 9.01. The lowest BCUT2D eigenvalue weighted by atomic mass is 9.71. The van der Waals surface area contributed by atoms with E-state index < -0.39 is 0 Å². The molecule has 6 aliphatic rings. The molecule has 9 rings (SSSR count). The molecule has 2 bridgehead atoms. The van der Waals surface area contributed by atoms with Crippen LogP contribution >= 0.6 is 11.3 Å². The van der Waals surface area contributed by atoms with Gasteiger partial charge in [0.15, 0.2) is 0 Å². The smallest absolute Gasteiger partial charge is 0.229 e. The summed E-state index contributed by atoms with van der Waals surface area (Å²) in [6.07, 6.45) is 13.9. The Balaban J connectivity index is 0.879. The van der Waals surface area contributed by atoms with Crippen LogP contribution in [0.1, 0.15) is 56.4 Å². The number of carbonyl (C=O) groups is 1. The molecule has 5 aliphatic carbocycles. The number of nitrogens with zero attached hydrogens (tertiary/aromatic N) is 3. The summed E-state index contributed by atoms with van der Waals surface area (Å²) in [5, 5.41) is 9.10. The van der Waals surface area contributed by atoms with Crippen LogP contribution < -0.4 is 16.4 Å². The zero-order valence-electron chi connectivity index (χ0n) is 23.3. The van der Waals surface area contributed by atoms with E-state index in [1.54, 1.807) is 11.3 Å². The highest BCUT2D eigenvalue weighted by molar-refractivity contribution is 7.17. The Morgan fingerprint density at radius 3 is 2.56 bits per heavy atom. The summed E-state index contributed by atoms with van der Waals surface area (Å²) in [6.45, 7) is 2.52. The molecular weight excluding hydrogens is 528 g/mol. The number of rotatable bonds is 7. The fraction of sp³-hybridized carbons (Fsp3) is 0.545. The van der Waals surface area contributed by atoms with E-state index >= 15 is 0 Å². The largest absolute Gasteiger partial charge is 0.369 e. The molecule has 5 fully saturated rings. The molecule has 0 radical (unpaired) electrons. The van der Waals surface area contributed by atoms with Gasteiger partial charge in [-0.3, -0.25) is 4.79 Å². The van der Waals surface area contributed by atoms with E-state index in [9.17, 15) is 4.79 Å². The number of hydrogen-bond acceptors (Lipinski definition) is 7. The summed E-state index contributed by atoms with van der Waals surface area (Å²) >= 11 is 1.62. The number of thiophene rings is 1. The Bertz CT molecular complexity index is 1540. The third-order valence-electron chi connectivity index (χ3n) is 12.0. The van der Waals surface area contributed by atoms with Gasteiger partial charge in [0, 0.05) is 17.8 Å². The van der Waals surface area contributed by atoms with Crippen molar-refractivity contribution in [3.8, 4) is 0 Å². The lowest BCUT2D eigenvalue weighted by Crippen LogP contribution is -2.41. The third-order valence-corrected chi connectivity index (χ3v) is 12.9. The van der Waals surface area contributed by atoms with Crippen LogP contribution in [0.4, 0.5) is 17.5 Å². The zero-order valence-corrected chi connectivity index (χ0v) is 24.2. The Kier molecular flexibility index (Phi) is 5.41. The average Bonchev–Trinajstić information content (AvgIpc) is 3.28. The quantitative estimate of drug-likeness (QED) is 0.309. The van der Waals surface area contributed by atoms with Crippen molar-refractivity contribution in [2.45, 2.75) is 62.9 Å². The first kappa shape index (κ1) is 24.6. The van der Waals surface area contributed by atoms with Crippen LogP contribution in [0.3, 0.4) is 0 Å². The molecule has 3 aromatic rings. The molecule has 3 heterocycles. The van der Waals surface area contributed by atoms with Crippen LogP contribution in [0.25, 0.3) is 10.2 Å². The predicted molar refractivity (Wildman–Crippen MR) is 163 cm³/mol. The topological polar surface area (TPSA) is 96.2 Å². The molecule has 1 saturated heterocycles. The van der Waals surface area contributed by atoms with Crippen LogP contribution in [-0.4, -0.2) is 45.9 Å². The van der Waals surface area contributed by atoms with E-state index in [-0.39, 0.29) is 23.8 Å². The minimum absolute atomic E-state index is 0.0320. The van der Waals surface area contributed by atoms with Crippen molar-refractivity contribution in [2.24, 2.45) is 40.7 Å². The second-order valence-corrected chi connectivity index (χ2v) is 14.6. The van der Waals surface area contributed by atoms with Gasteiger partial charge in [0.25, 0.3) is 0 Å². The van der Waals surface area contributed by atoms with Gasteiger partial charge in [-0.1, -0.05) is 24.3 Å². The average molecular weight is 567 g/mol. The maximum atomic E-state index is 12.3. The third kappa shape index (κ3) is 3.82. The summed E-state index contributed by atoms with van der Waals surface area (Å²) in [4.78, 5) is 24.8. The Morgan fingerprint density at radius 2 is 1.85 bits per heavy atom. The molecule has 8 unspecified atom stereocenters. The van der Waals surface area contributed by atoms with E-state index in [1.165, 1.54) is 57.2 Å². The summed E-state index contributed by atoms with van der Waals surface area (Å²) in [6, 6.07) is 11.8. The Morgan fingerprint density at radius 1 is 1.02 bits per heavy atom. The molecule has 41 heavy (non-hydrogen) atoms. The van der Waals surface area contributed by atoms with Gasteiger partial charge in [-0.05, 0) is 122 Å². The molecule has 1 aromatic carbocycles. The first-order chi connectivity index (χ1) is 20.1. The van der Waals surface area contributed by atoms with Crippen LogP contribution in [0, 0.1) is 35.0 Å². The molecule has 8 heteroatoms. The second-order valence-electron chi connectivity index (χ2n) is 13.7. The number of nitrogens with one attached hydrogen (secondary N) is 2. The summed E-state index contributed by atoms with van der Waals surface area (Å²) < 4.78 is 1.01. The van der Waals surface area contributed by atoms with Gasteiger partial charge in [0.2, 0.25) is 11.9 Å². The number of aromatic nitrogens is 2. The molecular formula is C33H38N6OS. The number of nitrogens with two attached hydrogens (primary N) is 1. The zero-order chi connectivity index (χ0) is 27.3. The normalized spacial score (nSPS) is 37.1. The van der Waals surface area contributed by atoms with Crippen molar-refractivity contribution in [3.63, 3.8) is 0 Å². The molecule has 4 saturated carbocycles. The minimum atomic E-state index is -0.235. The number of fused-ring (bicyclic) bond motifs is 3. The van der Waals surface area contributed by atoms with Gasteiger partial charge in [0.05, 0.1) is 16.1 Å². The van der Waals surface area contributed by atoms with E-state index in [4.69, 9.17) is 15.7 Å². The first-order valence-corrected chi connectivity index (χ1v) is 16.5. The molecule has 2 aromatic heterocycles. The highest BCUT2D eigenvalue weighted by Crippen LogP contribution is 2.76. The summed E-state index contributed by atoms with van der Waals surface area (Å²) in [5.74, 6) is 4.18. The lowest BCUT2D eigenvalue weighted by molar-refractivity contribution is -0.122. The van der Waals surface area contributed by atoms with Crippen LogP contribution in [0.2, 0.25) is 0 Å². The molecule has 8 atom stereocenters. The molecule has 212 valence electrons. The number of primary amides is 1.